The molecule has 5 heteroatoms. The largest absolute Gasteiger partial charge is 0.311 e. The molecular formula is C13H21N5. The molecule has 0 aromatic carbocycles. The van der Waals surface area contributed by atoms with Crippen molar-refractivity contribution >= 4 is 5.65 Å². The summed E-state index contributed by atoms with van der Waals surface area (Å²) in [5.74, 6) is 0. The Morgan fingerprint density at radius 1 is 1.44 bits per heavy atom. The van der Waals surface area contributed by atoms with Gasteiger partial charge in [0, 0.05) is 43.2 Å². The summed E-state index contributed by atoms with van der Waals surface area (Å²) in [6, 6.07) is 2.50. The predicted molar refractivity (Wildman–Crippen MR) is 72.6 cm³/mol. The molecule has 98 valence electrons. The van der Waals surface area contributed by atoms with Gasteiger partial charge in [-0.3, -0.25) is 0 Å². The highest BCUT2D eigenvalue weighted by Gasteiger charge is 2.04. The molecule has 0 aliphatic carbocycles. The van der Waals surface area contributed by atoms with Crippen LogP contribution in [0.1, 0.15) is 18.2 Å². The standard InChI is InChI=1S/C13H21N5/c1-10-5-13-15-8-12(9-18(13)16-10)7-14-6-11(2)17(3)4/h5,8-9,11,14H,6-7H2,1-4H3. The number of hydrogen-bond donors (Lipinski definition) is 1. The van der Waals surface area contributed by atoms with E-state index in [0.29, 0.717) is 6.04 Å². The van der Waals surface area contributed by atoms with Crippen LogP contribution in [0.3, 0.4) is 0 Å². The molecule has 2 heterocycles. The van der Waals surface area contributed by atoms with E-state index in [4.69, 9.17) is 0 Å². The summed E-state index contributed by atoms with van der Waals surface area (Å²) >= 11 is 0. The number of hydrogen-bond acceptors (Lipinski definition) is 4. The van der Waals surface area contributed by atoms with Gasteiger partial charge in [0.15, 0.2) is 5.65 Å². The highest BCUT2D eigenvalue weighted by molar-refractivity contribution is 5.38. The Hall–Kier alpha value is -1.46. The Balaban J connectivity index is 1.95. The van der Waals surface area contributed by atoms with Gasteiger partial charge in [0.1, 0.15) is 0 Å². The minimum Gasteiger partial charge on any atom is -0.311 e. The minimum absolute atomic E-state index is 0.522. The second kappa shape index (κ2) is 5.46. The molecule has 0 spiro atoms. The maximum Gasteiger partial charge on any atom is 0.155 e. The summed E-state index contributed by atoms with van der Waals surface area (Å²) < 4.78 is 1.84. The number of nitrogens with one attached hydrogen (secondary N) is 1. The zero-order valence-electron chi connectivity index (χ0n) is 11.5. The Kier molecular flexibility index (Phi) is 3.93. The number of nitrogens with zero attached hydrogens (tertiary/aromatic N) is 4. The Bertz CT molecular complexity index is 517. The van der Waals surface area contributed by atoms with Crippen LogP contribution in [0, 0.1) is 6.92 Å². The molecule has 0 saturated heterocycles. The summed E-state index contributed by atoms with van der Waals surface area (Å²) in [4.78, 5) is 6.58. The van der Waals surface area contributed by atoms with Crippen LogP contribution in [-0.2, 0) is 6.54 Å². The molecule has 0 bridgehead atoms. The van der Waals surface area contributed by atoms with Gasteiger partial charge >= 0.3 is 0 Å². The van der Waals surface area contributed by atoms with Gasteiger partial charge in [0.2, 0.25) is 0 Å². The molecule has 0 aliphatic rings. The molecule has 2 aromatic heterocycles. The fourth-order valence-corrected chi connectivity index (χ4v) is 1.73. The van der Waals surface area contributed by atoms with Crippen LogP contribution in [0.25, 0.3) is 5.65 Å². The van der Waals surface area contributed by atoms with Gasteiger partial charge in [-0.1, -0.05) is 0 Å². The molecule has 1 unspecified atom stereocenters. The van der Waals surface area contributed by atoms with Gasteiger partial charge in [-0.25, -0.2) is 9.50 Å². The number of aryl methyl sites for hydroxylation is 1. The second-order valence-electron chi connectivity index (χ2n) is 4.99. The third-order valence-electron chi connectivity index (χ3n) is 3.14. The lowest BCUT2D eigenvalue weighted by Gasteiger charge is -2.19. The number of fused-ring (bicyclic) bond motifs is 1. The normalized spacial score (nSPS) is 13.4. The van der Waals surface area contributed by atoms with Crippen molar-refractivity contribution in [3.8, 4) is 0 Å². The lowest BCUT2D eigenvalue weighted by atomic mass is 10.3. The first kappa shape index (κ1) is 13.0. The number of likely N-dealkylation sites (N-methyl/N-ethyl adjacent to an activating group) is 1. The first-order valence-electron chi connectivity index (χ1n) is 6.24. The maximum atomic E-state index is 4.38. The van der Waals surface area contributed by atoms with Crippen molar-refractivity contribution in [2.24, 2.45) is 0 Å². The maximum absolute atomic E-state index is 4.38. The lowest BCUT2D eigenvalue weighted by molar-refractivity contribution is 0.302. The molecule has 0 radical (unpaired) electrons. The van der Waals surface area contributed by atoms with Crippen LogP contribution in [0.15, 0.2) is 18.5 Å². The van der Waals surface area contributed by atoms with Crippen molar-refractivity contribution in [2.75, 3.05) is 20.6 Å². The van der Waals surface area contributed by atoms with Gasteiger partial charge in [0.05, 0.1) is 5.69 Å². The van der Waals surface area contributed by atoms with Crippen LogP contribution in [-0.4, -0.2) is 46.2 Å². The smallest absolute Gasteiger partial charge is 0.155 e. The van der Waals surface area contributed by atoms with Crippen molar-refractivity contribution in [3.63, 3.8) is 0 Å². The third-order valence-corrected chi connectivity index (χ3v) is 3.14. The van der Waals surface area contributed by atoms with Crippen molar-refractivity contribution in [3.05, 3.63) is 29.7 Å². The van der Waals surface area contributed by atoms with Crippen LogP contribution in [0.4, 0.5) is 0 Å². The quantitative estimate of drug-likeness (QED) is 0.858. The fourth-order valence-electron chi connectivity index (χ4n) is 1.73. The van der Waals surface area contributed by atoms with E-state index in [9.17, 15) is 0 Å². The first-order valence-corrected chi connectivity index (χ1v) is 6.24. The van der Waals surface area contributed by atoms with E-state index in [-0.39, 0.29) is 0 Å². The molecular weight excluding hydrogens is 226 g/mol. The minimum atomic E-state index is 0.522. The average molecular weight is 247 g/mol. The average Bonchev–Trinajstić information content (AvgIpc) is 2.68. The van der Waals surface area contributed by atoms with Crippen LogP contribution in [0.5, 0.6) is 0 Å². The highest BCUT2D eigenvalue weighted by Crippen LogP contribution is 2.04. The molecule has 0 saturated carbocycles. The topological polar surface area (TPSA) is 45.5 Å². The molecule has 2 aromatic rings. The van der Waals surface area contributed by atoms with Crippen LogP contribution >= 0.6 is 0 Å². The molecule has 0 aliphatic heterocycles. The SMILES string of the molecule is Cc1cc2ncc(CNCC(C)N(C)C)cn2n1. The van der Waals surface area contributed by atoms with Gasteiger partial charge in [-0.15, -0.1) is 0 Å². The highest BCUT2D eigenvalue weighted by atomic mass is 15.2. The monoisotopic (exact) mass is 247 g/mol. The van der Waals surface area contributed by atoms with Crippen molar-refractivity contribution in [1.29, 1.82) is 0 Å². The number of rotatable bonds is 5. The zero-order chi connectivity index (χ0) is 13.1. The van der Waals surface area contributed by atoms with Crippen LogP contribution in [0.2, 0.25) is 0 Å². The summed E-state index contributed by atoms with van der Waals surface area (Å²) in [5, 5.41) is 7.79. The first-order chi connectivity index (χ1) is 8.56. The van der Waals surface area contributed by atoms with Crippen LogP contribution < -0.4 is 5.32 Å². The summed E-state index contributed by atoms with van der Waals surface area (Å²) in [7, 11) is 4.18. The summed E-state index contributed by atoms with van der Waals surface area (Å²) in [6.45, 7) is 5.96. The van der Waals surface area contributed by atoms with Gasteiger partial charge in [-0.2, -0.15) is 5.10 Å². The molecule has 0 amide bonds. The van der Waals surface area contributed by atoms with E-state index < -0.39 is 0 Å². The van der Waals surface area contributed by atoms with Crippen molar-refractivity contribution in [2.45, 2.75) is 26.4 Å². The molecule has 2 rings (SSSR count). The van der Waals surface area contributed by atoms with E-state index in [1.165, 1.54) is 0 Å². The van der Waals surface area contributed by atoms with Crippen molar-refractivity contribution in [1.82, 2.24) is 24.8 Å². The van der Waals surface area contributed by atoms with E-state index in [1.807, 2.05) is 29.9 Å². The Labute approximate surface area is 108 Å². The second-order valence-corrected chi connectivity index (χ2v) is 4.99. The van der Waals surface area contributed by atoms with E-state index >= 15 is 0 Å². The molecule has 0 fully saturated rings. The third kappa shape index (κ3) is 3.05. The lowest BCUT2D eigenvalue weighted by Crippen LogP contribution is -2.35. The van der Waals surface area contributed by atoms with Gasteiger partial charge < -0.3 is 10.2 Å². The summed E-state index contributed by atoms with van der Waals surface area (Å²) in [5.41, 5.74) is 3.04. The van der Waals surface area contributed by atoms with Crippen molar-refractivity contribution < 1.29 is 0 Å². The van der Waals surface area contributed by atoms with E-state index in [2.05, 4.69) is 41.3 Å². The van der Waals surface area contributed by atoms with E-state index in [0.717, 1.165) is 30.0 Å². The number of aromatic nitrogens is 3. The summed E-state index contributed by atoms with van der Waals surface area (Å²) in [6.07, 6.45) is 3.94. The predicted octanol–water partition coefficient (Wildman–Crippen LogP) is 1.08. The van der Waals surface area contributed by atoms with Gasteiger partial charge in [0.25, 0.3) is 0 Å². The fraction of sp³-hybridized carbons (Fsp3) is 0.538. The molecule has 5 nitrogen and oxygen atoms in total. The Morgan fingerprint density at radius 2 is 2.22 bits per heavy atom. The van der Waals surface area contributed by atoms with Gasteiger partial charge in [-0.05, 0) is 27.9 Å². The zero-order valence-corrected chi connectivity index (χ0v) is 11.5. The Morgan fingerprint density at radius 3 is 2.94 bits per heavy atom. The molecule has 1 atom stereocenters. The molecule has 1 N–H and O–H groups in total. The molecule has 18 heavy (non-hydrogen) atoms. The van der Waals surface area contributed by atoms with E-state index in [1.54, 1.807) is 0 Å².